The van der Waals surface area contributed by atoms with Crippen LogP contribution in [0.25, 0.3) is 0 Å². The van der Waals surface area contributed by atoms with Crippen LogP contribution in [0.3, 0.4) is 0 Å². The zero-order valence-electron chi connectivity index (χ0n) is 63.0. The van der Waals surface area contributed by atoms with Gasteiger partial charge in [0.1, 0.15) is 19.3 Å². The Bertz CT molecular complexity index is 1890. The normalized spacial score (nSPS) is 14.7. The second-order valence-electron chi connectivity index (χ2n) is 29.2. The van der Waals surface area contributed by atoms with Crippen LogP contribution in [0.2, 0.25) is 0 Å². The molecular formula is C77H150O17P2. The van der Waals surface area contributed by atoms with Gasteiger partial charge in [0.2, 0.25) is 0 Å². The average Bonchev–Trinajstić information content (AvgIpc) is 1.11. The first kappa shape index (κ1) is 94.1. The van der Waals surface area contributed by atoms with Crippen LogP contribution >= 0.6 is 15.6 Å². The molecule has 0 amide bonds. The fraction of sp³-hybridized carbons (Fsp3) is 0.948. The number of phosphoric acid groups is 2. The Kier molecular flexibility index (Phi) is 65.0. The summed E-state index contributed by atoms with van der Waals surface area (Å²) in [6, 6.07) is 0. The van der Waals surface area contributed by atoms with E-state index >= 15 is 0 Å². The molecule has 0 bridgehead atoms. The molecule has 0 aliphatic carbocycles. The maximum absolute atomic E-state index is 13.1. The number of esters is 4. The average molecular weight is 1410 g/mol. The number of unbranched alkanes of at least 4 members (excludes halogenated alkanes) is 38. The van der Waals surface area contributed by atoms with Crippen LogP contribution in [0.4, 0.5) is 0 Å². The van der Waals surface area contributed by atoms with Crippen molar-refractivity contribution in [2.45, 2.75) is 408 Å². The topological polar surface area (TPSA) is 237 Å². The van der Waals surface area contributed by atoms with E-state index in [4.69, 9.17) is 37.0 Å². The summed E-state index contributed by atoms with van der Waals surface area (Å²) >= 11 is 0. The molecule has 0 aromatic carbocycles. The van der Waals surface area contributed by atoms with E-state index in [9.17, 15) is 43.2 Å². The lowest BCUT2D eigenvalue weighted by molar-refractivity contribution is -0.161. The quantitative estimate of drug-likeness (QED) is 0.0222. The van der Waals surface area contributed by atoms with E-state index in [2.05, 4.69) is 55.4 Å². The number of aliphatic hydroxyl groups is 1. The third-order valence-corrected chi connectivity index (χ3v) is 20.4. The Morgan fingerprint density at radius 3 is 0.740 bits per heavy atom. The predicted octanol–water partition coefficient (Wildman–Crippen LogP) is 22.4. The van der Waals surface area contributed by atoms with Crippen LogP contribution in [0.5, 0.6) is 0 Å². The molecule has 5 unspecified atom stereocenters. The van der Waals surface area contributed by atoms with Gasteiger partial charge < -0.3 is 33.8 Å². The number of hydrogen-bond acceptors (Lipinski definition) is 15. The molecule has 0 saturated carbocycles. The van der Waals surface area contributed by atoms with Crippen LogP contribution in [0, 0.1) is 23.7 Å². The number of carbonyl (C=O) groups is 4. The lowest BCUT2D eigenvalue weighted by Gasteiger charge is -2.21. The molecule has 0 saturated heterocycles. The van der Waals surface area contributed by atoms with Crippen molar-refractivity contribution in [3.05, 3.63) is 0 Å². The molecule has 0 rings (SSSR count). The van der Waals surface area contributed by atoms with Gasteiger partial charge in [-0.3, -0.25) is 37.3 Å². The summed E-state index contributed by atoms with van der Waals surface area (Å²) in [5, 5.41) is 10.6. The van der Waals surface area contributed by atoms with Gasteiger partial charge in [0, 0.05) is 25.7 Å². The minimum absolute atomic E-state index is 0.102. The summed E-state index contributed by atoms with van der Waals surface area (Å²) in [6.45, 7) is 14.2. The second kappa shape index (κ2) is 66.3. The molecule has 19 heteroatoms. The van der Waals surface area contributed by atoms with E-state index in [-0.39, 0.29) is 25.7 Å². The molecule has 0 aromatic rings. The molecule has 0 heterocycles. The zero-order valence-corrected chi connectivity index (χ0v) is 64.8. The lowest BCUT2D eigenvalue weighted by Crippen LogP contribution is -2.30. The van der Waals surface area contributed by atoms with Gasteiger partial charge in [-0.15, -0.1) is 0 Å². The van der Waals surface area contributed by atoms with Gasteiger partial charge in [0.15, 0.2) is 12.2 Å². The van der Waals surface area contributed by atoms with E-state index < -0.39 is 97.5 Å². The molecule has 17 nitrogen and oxygen atoms in total. The van der Waals surface area contributed by atoms with Gasteiger partial charge in [0.25, 0.3) is 0 Å². The Labute approximate surface area is 588 Å². The molecule has 0 spiro atoms. The third kappa shape index (κ3) is 67.9. The van der Waals surface area contributed by atoms with E-state index in [1.54, 1.807) is 0 Å². The van der Waals surface area contributed by atoms with E-state index in [1.807, 2.05) is 0 Å². The van der Waals surface area contributed by atoms with E-state index in [0.29, 0.717) is 25.7 Å². The van der Waals surface area contributed by atoms with Crippen LogP contribution in [-0.4, -0.2) is 96.7 Å². The third-order valence-electron chi connectivity index (χ3n) is 18.5. The largest absolute Gasteiger partial charge is 0.472 e. The molecule has 0 aromatic heterocycles. The fourth-order valence-corrected chi connectivity index (χ4v) is 13.2. The number of hydrogen-bond donors (Lipinski definition) is 3. The van der Waals surface area contributed by atoms with Gasteiger partial charge in [-0.1, -0.05) is 338 Å². The molecule has 0 fully saturated rings. The number of ether oxygens (including phenoxy) is 4. The van der Waals surface area contributed by atoms with Crippen LogP contribution in [-0.2, 0) is 65.4 Å². The van der Waals surface area contributed by atoms with Gasteiger partial charge in [-0.2, -0.15) is 0 Å². The number of rotatable bonds is 74. The second-order valence-corrected chi connectivity index (χ2v) is 32.1. The van der Waals surface area contributed by atoms with Crippen molar-refractivity contribution in [2.24, 2.45) is 23.7 Å². The maximum Gasteiger partial charge on any atom is 0.472 e. The van der Waals surface area contributed by atoms with Crippen molar-refractivity contribution in [1.82, 2.24) is 0 Å². The SMILES string of the molecule is CCC(C)CCCCCCCCCCCCC(=O)OC[C@H](COP(=O)(O)OCC(O)COP(=O)(O)OC[C@@H](COC(=O)CCCCCCCCCCC(C)C)OC(=O)CCCCCCCCC(C)CC)OC(=O)CCCCCCCCCCCCCCCCCCCCC(C)C. The minimum atomic E-state index is -4.96. The number of phosphoric ester groups is 2. The molecule has 570 valence electrons. The highest BCUT2D eigenvalue weighted by Crippen LogP contribution is 2.45. The summed E-state index contributed by atoms with van der Waals surface area (Å²) in [4.78, 5) is 72.8. The first-order valence-corrected chi connectivity index (χ1v) is 42.8. The molecule has 7 atom stereocenters. The van der Waals surface area contributed by atoms with Crippen LogP contribution < -0.4 is 0 Å². The van der Waals surface area contributed by atoms with Crippen molar-refractivity contribution >= 4 is 39.5 Å². The fourth-order valence-electron chi connectivity index (χ4n) is 11.7. The first-order chi connectivity index (χ1) is 46.2. The van der Waals surface area contributed by atoms with Crippen molar-refractivity contribution in [2.75, 3.05) is 39.6 Å². The Hall–Kier alpha value is -1.94. The number of aliphatic hydroxyl groups excluding tert-OH is 1. The van der Waals surface area contributed by atoms with Gasteiger partial charge in [-0.05, 0) is 49.4 Å². The van der Waals surface area contributed by atoms with Crippen molar-refractivity contribution in [3.8, 4) is 0 Å². The van der Waals surface area contributed by atoms with Crippen molar-refractivity contribution in [3.63, 3.8) is 0 Å². The highest BCUT2D eigenvalue weighted by Gasteiger charge is 2.30. The zero-order chi connectivity index (χ0) is 71.0. The molecule has 96 heavy (non-hydrogen) atoms. The van der Waals surface area contributed by atoms with Crippen molar-refractivity contribution in [1.29, 1.82) is 0 Å². The highest BCUT2D eigenvalue weighted by atomic mass is 31.2. The van der Waals surface area contributed by atoms with E-state index in [1.165, 1.54) is 193 Å². The summed E-state index contributed by atoms with van der Waals surface area (Å²) in [7, 11) is -9.91. The van der Waals surface area contributed by atoms with Gasteiger partial charge in [-0.25, -0.2) is 9.13 Å². The maximum atomic E-state index is 13.1. The Morgan fingerprint density at radius 2 is 0.500 bits per heavy atom. The predicted molar refractivity (Wildman–Crippen MR) is 391 cm³/mol. The minimum Gasteiger partial charge on any atom is -0.462 e. The van der Waals surface area contributed by atoms with E-state index in [0.717, 1.165) is 114 Å². The first-order valence-electron chi connectivity index (χ1n) is 39.8. The summed E-state index contributed by atoms with van der Waals surface area (Å²) < 4.78 is 68.5. The van der Waals surface area contributed by atoms with Gasteiger partial charge in [0.05, 0.1) is 26.4 Å². The summed E-state index contributed by atoms with van der Waals surface area (Å²) in [5.74, 6) is 0.953. The van der Waals surface area contributed by atoms with Gasteiger partial charge >= 0.3 is 39.5 Å². The standard InChI is InChI=1S/C77H150O17P2/c1-9-69(7)55-47-39-31-24-21-22-25-32-41-49-57-74(79)87-63-72(93-76(81)59-51-43-34-26-20-18-16-14-12-11-13-15-17-19-23-29-37-45-53-67(3)4)65-91-95(83,84)89-61-71(78)62-90-96(85,86)92-66-73(94-77(82)60-52-44-36-35-40-48-56-70(8)10-2)64-88-75(80)58-50-42-33-28-27-30-38-46-54-68(5)6/h67-73,78H,9-66H2,1-8H3,(H,83,84)(H,85,86)/t69?,70?,71?,72-,73-/m1/s1. The van der Waals surface area contributed by atoms with Crippen molar-refractivity contribution < 1.29 is 80.2 Å². The Morgan fingerprint density at radius 1 is 0.292 bits per heavy atom. The molecule has 3 N–H and O–H groups in total. The van der Waals surface area contributed by atoms with Crippen LogP contribution in [0.15, 0.2) is 0 Å². The molecular weight excluding hydrogens is 1260 g/mol. The van der Waals surface area contributed by atoms with Crippen LogP contribution in [0.1, 0.15) is 389 Å². The molecule has 0 aliphatic heterocycles. The monoisotopic (exact) mass is 1410 g/mol. The lowest BCUT2D eigenvalue weighted by atomic mass is 9.99. The smallest absolute Gasteiger partial charge is 0.462 e. The molecule has 0 radical (unpaired) electrons. The number of carbonyl (C=O) groups excluding carboxylic acids is 4. The summed E-state index contributed by atoms with van der Waals surface area (Å²) in [5.41, 5.74) is 0. The highest BCUT2D eigenvalue weighted by molar-refractivity contribution is 7.47. The Balaban J connectivity index is 5.21. The molecule has 0 aliphatic rings. The summed E-state index contributed by atoms with van der Waals surface area (Å²) in [6.07, 6.45) is 51.5.